The van der Waals surface area contributed by atoms with Gasteiger partial charge in [0.1, 0.15) is 11.6 Å². The summed E-state index contributed by atoms with van der Waals surface area (Å²) in [4.78, 5) is 14.3. The fourth-order valence-electron chi connectivity index (χ4n) is 3.67. The van der Waals surface area contributed by atoms with Gasteiger partial charge in [-0.25, -0.2) is 8.78 Å². The standard InChI is InChI=1S/C22H24ClF2NO2/c23-17-5-3-16(4-6-17)15-22(28)9-12-26(13-10-22)11-1-2-21(27)19-8-7-18(24)14-20(19)25/h3-8,14,28H,1-2,9-13,15H2. The average molecular weight is 408 g/mol. The highest BCUT2D eigenvalue weighted by Gasteiger charge is 2.32. The highest BCUT2D eigenvalue weighted by molar-refractivity contribution is 6.30. The molecule has 0 radical (unpaired) electrons. The molecule has 1 heterocycles. The van der Waals surface area contributed by atoms with E-state index in [2.05, 4.69) is 4.90 Å². The second-order valence-corrected chi connectivity index (χ2v) is 7.96. The number of piperidine rings is 1. The quantitative estimate of drug-likeness (QED) is 0.679. The number of carbonyl (C=O) groups is 1. The molecule has 1 saturated heterocycles. The second kappa shape index (κ2) is 9.12. The minimum absolute atomic E-state index is 0.0580. The van der Waals surface area contributed by atoms with E-state index in [1.807, 2.05) is 24.3 Å². The van der Waals surface area contributed by atoms with Crippen molar-refractivity contribution in [2.75, 3.05) is 19.6 Å². The molecule has 1 aliphatic rings. The molecule has 0 amide bonds. The van der Waals surface area contributed by atoms with E-state index in [4.69, 9.17) is 11.6 Å². The lowest BCUT2D eigenvalue weighted by Gasteiger charge is -2.38. The first-order valence-electron chi connectivity index (χ1n) is 9.52. The number of carbonyl (C=O) groups excluding carboxylic acids is 1. The summed E-state index contributed by atoms with van der Waals surface area (Å²) in [6.07, 6.45) is 2.74. The van der Waals surface area contributed by atoms with Crippen LogP contribution in [0.25, 0.3) is 0 Å². The van der Waals surface area contributed by atoms with Crippen molar-refractivity contribution in [3.63, 3.8) is 0 Å². The topological polar surface area (TPSA) is 40.5 Å². The zero-order valence-corrected chi connectivity index (χ0v) is 16.4. The predicted molar refractivity (Wildman–Crippen MR) is 106 cm³/mol. The van der Waals surface area contributed by atoms with Gasteiger partial charge in [0.15, 0.2) is 5.78 Å². The number of hydrogen-bond donors (Lipinski definition) is 1. The Morgan fingerprint density at radius 3 is 2.43 bits per heavy atom. The van der Waals surface area contributed by atoms with Crippen molar-refractivity contribution in [2.24, 2.45) is 0 Å². The summed E-state index contributed by atoms with van der Waals surface area (Å²) in [5.41, 5.74) is 0.279. The first-order chi connectivity index (χ1) is 13.3. The number of benzene rings is 2. The van der Waals surface area contributed by atoms with Gasteiger partial charge < -0.3 is 10.0 Å². The zero-order chi connectivity index (χ0) is 20.1. The Labute approximate surface area is 168 Å². The first kappa shape index (κ1) is 20.9. The van der Waals surface area contributed by atoms with E-state index in [0.717, 1.165) is 30.8 Å². The third-order valence-corrected chi connectivity index (χ3v) is 5.59. The van der Waals surface area contributed by atoms with Crippen LogP contribution in [0, 0.1) is 11.6 Å². The molecule has 0 aromatic heterocycles. The molecule has 0 unspecified atom stereocenters. The molecule has 3 rings (SSSR count). The van der Waals surface area contributed by atoms with Crippen molar-refractivity contribution in [3.8, 4) is 0 Å². The van der Waals surface area contributed by atoms with Crippen molar-refractivity contribution in [3.05, 3.63) is 70.2 Å². The van der Waals surface area contributed by atoms with Crippen LogP contribution in [0.15, 0.2) is 42.5 Å². The van der Waals surface area contributed by atoms with Gasteiger partial charge in [-0.15, -0.1) is 0 Å². The minimum Gasteiger partial charge on any atom is -0.389 e. The number of rotatable bonds is 7. The van der Waals surface area contributed by atoms with Gasteiger partial charge in [-0.1, -0.05) is 23.7 Å². The molecular formula is C22H24ClF2NO2. The lowest BCUT2D eigenvalue weighted by atomic mass is 9.85. The van der Waals surface area contributed by atoms with Crippen molar-refractivity contribution >= 4 is 17.4 Å². The second-order valence-electron chi connectivity index (χ2n) is 7.52. The summed E-state index contributed by atoms with van der Waals surface area (Å²) in [5.74, 6) is -1.81. The number of aliphatic hydroxyl groups is 1. The Morgan fingerprint density at radius 1 is 1.11 bits per heavy atom. The van der Waals surface area contributed by atoms with Gasteiger partial charge in [0.25, 0.3) is 0 Å². The highest BCUT2D eigenvalue weighted by atomic mass is 35.5. The maximum atomic E-state index is 13.7. The molecule has 1 N–H and O–H groups in total. The monoisotopic (exact) mass is 407 g/mol. The van der Waals surface area contributed by atoms with E-state index in [-0.39, 0.29) is 17.8 Å². The summed E-state index contributed by atoms with van der Waals surface area (Å²) >= 11 is 5.90. The number of hydrogen-bond acceptors (Lipinski definition) is 3. The maximum Gasteiger partial charge on any atom is 0.165 e. The smallest absolute Gasteiger partial charge is 0.165 e. The van der Waals surface area contributed by atoms with Crippen LogP contribution in [-0.4, -0.2) is 41.0 Å². The van der Waals surface area contributed by atoms with E-state index >= 15 is 0 Å². The molecule has 2 aromatic carbocycles. The van der Waals surface area contributed by atoms with Crippen molar-refractivity contribution in [1.29, 1.82) is 0 Å². The van der Waals surface area contributed by atoms with Crippen LogP contribution in [0.2, 0.25) is 5.02 Å². The molecule has 0 atom stereocenters. The molecule has 6 heteroatoms. The van der Waals surface area contributed by atoms with E-state index in [1.165, 1.54) is 6.07 Å². The SMILES string of the molecule is O=C(CCCN1CCC(O)(Cc2ccc(Cl)cc2)CC1)c1ccc(F)cc1F. The molecule has 28 heavy (non-hydrogen) atoms. The summed E-state index contributed by atoms with van der Waals surface area (Å²) in [5, 5.41) is 11.5. The van der Waals surface area contributed by atoms with Crippen LogP contribution >= 0.6 is 11.6 Å². The van der Waals surface area contributed by atoms with Gasteiger partial charge in [-0.2, -0.15) is 0 Å². The Bertz CT molecular complexity index is 818. The number of ketones is 1. The highest BCUT2D eigenvalue weighted by Crippen LogP contribution is 2.27. The van der Waals surface area contributed by atoms with Gasteiger partial charge in [-0.3, -0.25) is 4.79 Å². The summed E-state index contributed by atoms with van der Waals surface area (Å²) < 4.78 is 26.6. The van der Waals surface area contributed by atoms with Gasteiger partial charge in [0, 0.05) is 37.0 Å². The van der Waals surface area contributed by atoms with E-state index in [0.29, 0.717) is 37.3 Å². The normalized spacial score (nSPS) is 16.9. The zero-order valence-electron chi connectivity index (χ0n) is 15.6. The van der Waals surface area contributed by atoms with E-state index in [1.54, 1.807) is 0 Å². The Morgan fingerprint density at radius 2 is 1.79 bits per heavy atom. The lowest BCUT2D eigenvalue weighted by molar-refractivity contribution is -0.0207. The van der Waals surface area contributed by atoms with Crippen LogP contribution in [0.3, 0.4) is 0 Å². The van der Waals surface area contributed by atoms with E-state index in [9.17, 15) is 18.7 Å². The number of halogens is 3. The summed E-state index contributed by atoms with van der Waals surface area (Å²) in [6, 6.07) is 10.6. The number of likely N-dealkylation sites (tertiary alicyclic amines) is 1. The van der Waals surface area contributed by atoms with Gasteiger partial charge in [0.2, 0.25) is 0 Å². The van der Waals surface area contributed by atoms with Gasteiger partial charge >= 0.3 is 0 Å². The van der Waals surface area contributed by atoms with Gasteiger partial charge in [0.05, 0.1) is 11.2 Å². The van der Waals surface area contributed by atoms with E-state index < -0.39 is 17.2 Å². The largest absolute Gasteiger partial charge is 0.389 e. The molecule has 150 valence electrons. The molecule has 1 fully saturated rings. The van der Waals surface area contributed by atoms with Crippen LogP contribution in [0.4, 0.5) is 8.78 Å². The molecule has 3 nitrogen and oxygen atoms in total. The average Bonchev–Trinajstić information content (AvgIpc) is 2.65. The Balaban J connectivity index is 1.43. The fourth-order valence-corrected chi connectivity index (χ4v) is 3.79. The fraction of sp³-hybridized carbons (Fsp3) is 0.409. The summed E-state index contributed by atoms with van der Waals surface area (Å²) in [7, 11) is 0. The van der Waals surface area contributed by atoms with Crippen LogP contribution in [0.5, 0.6) is 0 Å². The van der Waals surface area contributed by atoms with Crippen molar-refractivity contribution in [1.82, 2.24) is 4.90 Å². The third kappa shape index (κ3) is 5.60. The van der Waals surface area contributed by atoms with Crippen LogP contribution in [-0.2, 0) is 6.42 Å². The maximum absolute atomic E-state index is 13.7. The Hall–Kier alpha value is -1.82. The molecule has 2 aromatic rings. The van der Waals surface area contributed by atoms with Crippen molar-refractivity contribution < 1.29 is 18.7 Å². The Kier molecular flexibility index (Phi) is 6.81. The first-order valence-corrected chi connectivity index (χ1v) is 9.90. The van der Waals surface area contributed by atoms with Crippen LogP contribution in [0.1, 0.15) is 41.6 Å². The molecule has 0 aliphatic carbocycles. The molecule has 0 spiro atoms. The third-order valence-electron chi connectivity index (χ3n) is 5.34. The van der Waals surface area contributed by atoms with Crippen molar-refractivity contribution in [2.45, 2.75) is 37.7 Å². The minimum atomic E-state index is -0.810. The van der Waals surface area contributed by atoms with Crippen LogP contribution < -0.4 is 0 Å². The molecular weight excluding hydrogens is 384 g/mol. The number of nitrogens with zero attached hydrogens (tertiary/aromatic N) is 1. The predicted octanol–water partition coefficient (Wildman–Crippen LogP) is 4.65. The molecule has 1 aliphatic heterocycles. The molecule has 0 saturated carbocycles. The summed E-state index contributed by atoms with van der Waals surface area (Å²) in [6.45, 7) is 2.22. The molecule has 0 bridgehead atoms. The van der Waals surface area contributed by atoms with Gasteiger partial charge in [-0.05, 0) is 55.6 Å². The number of Topliss-reactive ketones (excluding diaryl/α,β-unsaturated/α-hetero) is 1. The lowest BCUT2D eigenvalue weighted by Crippen LogP contribution is -2.45.